The van der Waals surface area contributed by atoms with Crippen molar-refractivity contribution in [3.05, 3.63) is 42.5 Å². The molecule has 0 unspecified atom stereocenters. The van der Waals surface area contributed by atoms with Gasteiger partial charge >= 0.3 is 0 Å². The topological polar surface area (TPSA) is 29.1 Å². The van der Waals surface area contributed by atoms with Gasteiger partial charge in [-0.1, -0.05) is 30.4 Å². The molecule has 2 aliphatic rings. The zero-order chi connectivity index (χ0) is 11.0. The summed E-state index contributed by atoms with van der Waals surface area (Å²) >= 11 is 0. The molecule has 2 nitrogen and oxygen atoms in total. The Balaban J connectivity index is 1.69. The first kappa shape index (κ1) is 9.64. The largest absolute Gasteiger partial charge is 0.326 e. The van der Waals surface area contributed by atoms with E-state index in [0.717, 1.165) is 12.1 Å². The monoisotopic (exact) mass is 213 g/mol. The molecule has 82 valence electrons. The second-order valence-corrected chi connectivity index (χ2v) is 4.74. The highest BCUT2D eigenvalue weighted by Crippen LogP contribution is 2.43. The van der Waals surface area contributed by atoms with E-state index in [0.29, 0.717) is 11.8 Å². The van der Waals surface area contributed by atoms with Gasteiger partial charge in [0.2, 0.25) is 5.91 Å². The van der Waals surface area contributed by atoms with Gasteiger partial charge in [-0.2, -0.15) is 0 Å². The summed E-state index contributed by atoms with van der Waals surface area (Å²) in [5.41, 5.74) is 0.902. The van der Waals surface area contributed by atoms with E-state index in [1.807, 2.05) is 30.3 Å². The lowest BCUT2D eigenvalue weighted by molar-refractivity contribution is -0.120. The number of para-hydroxylation sites is 1. The number of carbonyl (C=O) groups excluding carboxylic acids is 1. The Morgan fingerprint density at radius 2 is 1.94 bits per heavy atom. The van der Waals surface area contributed by atoms with Crippen LogP contribution in [0.1, 0.15) is 12.8 Å². The summed E-state index contributed by atoms with van der Waals surface area (Å²) < 4.78 is 0. The van der Waals surface area contributed by atoms with Crippen molar-refractivity contribution in [2.75, 3.05) is 5.32 Å². The Hall–Kier alpha value is -1.57. The Morgan fingerprint density at radius 1 is 1.12 bits per heavy atom. The Labute approximate surface area is 95.4 Å². The van der Waals surface area contributed by atoms with Crippen LogP contribution in [0.4, 0.5) is 5.69 Å². The molecule has 2 bridgehead atoms. The number of benzene rings is 1. The van der Waals surface area contributed by atoms with Crippen molar-refractivity contribution in [2.45, 2.75) is 12.8 Å². The third kappa shape index (κ3) is 1.64. The maximum atomic E-state index is 12.1. The van der Waals surface area contributed by atoms with E-state index in [1.165, 1.54) is 6.42 Å². The molecule has 1 aromatic rings. The van der Waals surface area contributed by atoms with E-state index >= 15 is 0 Å². The highest BCUT2D eigenvalue weighted by molar-refractivity contribution is 5.93. The summed E-state index contributed by atoms with van der Waals surface area (Å²) in [6, 6.07) is 9.70. The molecule has 1 N–H and O–H groups in total. The molecule has 0 saturated heterocycles. The third-order valence-electron chi connectivity index (χ3n) is 3.66. The molecule has 1 amide bonds. The van der Waals surface area contributed by atoms with Gasteiger partial charge in [0.15, 0.2) is 0 Å². The van der Waals surface area contributed by atoms with Gasteiger partial charge in [-0.3, -0.25) is 4.79 Å². The number of fused-ring (bicyclic) bond motifs is 2. The lowest BCUT2D eigenvalue weighted by Crippen LogP contribution is -2.25. The number of allylic oxidation sites excluding steroid dienone is 2. The predicted octanol–water partition coefficient (Wildman–Crippen LogP) is 2.84. The summed E-state index contributed by atoms with van der Waals surface area (Å²) in [6.45, 7) is 0. The van der Waals surface area contributed by atoms with Crippen molar-refractivity contribution in [1.82, 2.24) is 0 Å². The first-order valence-electron chi connectivity index (χ1n) is 5.87. The number of anilines is 1. The molecular weight excluding hydrogens is 198 g/mol. The van der Waals surface area contributed by atoms with E-state index in [9.17, 15) is 4.79 Å². The zero-order valence-electron chi connectivity index (χ0n) is 9.10. The molecule has 2 aliphatic carbocycles. The van der Waals surface area contributed by atoms with Gasteiger partial charge in [-0.25, -0.2) is 0 Å². The van der Waals surface area contributed by atoms with Gasteiger partial charge in [0.1, 0.15) is 0 Å². The predicted molar refractivity (Wildman–Crippen MR) is 63.9 cm³/mol. The van der Waals surface area contributed by atoms with E-state index < -0.39 is 0 Å². The summed E-state index contributed by atoms with van der Waals surface area (Å²) in [5, 5.41) is 3.00. The quantitative estimate of drug-likeness (QED) is 0.752. The van der Waals surface area contributed by atoms with Crippen LogP contribution in [0, 0.1) is 17.8 Å². The van der Waals surface area contributed by atoms with Crippen LogP contribution in [-0.2, 0) is 4.79 Å². The van der Waals surface area contributed by atoms with Crippen molar-refractivity contribution in [3.63, 3.8) is 0 Å². The summed E-state index contributed by atoms with van der Waals surface area (Å²) in [5.74, 6) is 1.50. The molecule has 0 radical (unpaired) electrons. The highest BCUT2D eigenvalue weighted by Gasteiger charge is 2.39. The minimum atomic E-state index is 0.183. The molecule has 1 fully saturated rings. The van der Waals surface area contributed by atoms with Crippen LogP contribution >= 0.6 is 0 Å². The SMILES string of the molecule is O=C(Nc1ccccc1)[C@@H]1C[C@H]2C=C[C@H]1C2. The van der Waals surface area contributed by atoms with Crippen LogP contribution in [0.5, 0.6) is 0 Å². The summed E-state index contributed by atoms with van der Waals surface area (Å²) in [6.07, 6.45) is 6.67. The fourth-order valence-corrected chi connectivity index (χ4v) is 2.84. The molecule has 0 aliphatic heterocycles. The van der Waals surface area contributed by atoms with Crippen LogP contribution in [0.15, 0.2) is 42.5 Å². The Bertz CT molecular complexity index is 424. The van der Waals surface area contributed by atoms with Gasteiger partial charge in [0, 0.05) is 11.6 Å². The fraction of sp³-hybridized carbons (Fsp3) is 0.357. The molecule has 3 rings (SSSR count). The number of hydrogen-bond acceptors (Lipinski definition) is 1. The van der Waals surface area contributed by atoms with E-state index in [2.05, 4.69) is 17.5 Å². The van der Waals surface area contributed by atoms with Gasteiger partial charge < -0.3 is 5.32 Å². The second kappa shape index (κ2) is 3.78. The van der Waals surface area contributed by atoms with E-state index in [-0.39, 0.29) is 11.8 Å². The summed E-state index contributed by atoms with van der Waals surface area (Å²) in [4.78, 5) is 12.1. The molecule has 2 heteroatoms. The maximum absolute atomic E-state index is 12.1. The van der Waals surface area contributed by atoms with Crippen LogP contribution < -0.4 is 5.32 Å². The van der Waals surface area contributed by atoms with Gasteiger partial charge in [0.25, 0.3) is 0 Å². The van der Waals surface area contributed by atoms with Crippen molar-refractivity contribution >= 4 is 11.6 Å². The highest BCUT2D eigenvalue weighted by atomic mass is 16.1. The van der Waals surface area contributed by atoms with Crippen molar-refractivity contribution in [3.8, 4) is 0 Å². The smallest absolute Gasteiger partial charge is 0.228 e. The Morgan fingerprint density at radius 3 is 2.56 bits per heavy atom. The molecular formula is C14H15NO. The maximum Gasteiger partial charge on any atom is 0.228 e. The first-order chi connectivity index (χ1) is 7.83. The standard InChI is InChI=1S/C14H15NO/c16-14(15-12-4-2-1-3-5-12)13-9-10-6-7-11(13)8-10/h1-7,10-11,13H,8-9H2,(H,15,16)/t10-,11-,13+/m0/s1. The lowest BCUT2D eigenvalue weighted by Gasteiger charge is -2.17. The number of carbonyl (C=O) groups is 1. The molecule has 1 aromatic carbocycles. The molecule has 16 heavy (non-hydrogen) atoms. The molecule has 0 spiro atoms. The van der Waals surface area contributed by atoms with Gasteiger partial charge in [-0.05, 0) is 36.8 Å². The molecule has 0 aromatic heterocycles. The van der Waals surface area contributed by atoms with Crippen LogP contribution in [0.2, 0.25) is 0 Å². The number of hydrogen-bond donors (Lipinski definition) is 1. The number of rotatable bonds is 2. The fourth-order valence-electron chi connectivity index (χ4n) is 2.84. The zero-order valence-corrected chi connectivity index (χ0v) is 9.10. The second-order valence-electron chi connectivity index (χ2n) is 4.74. The third-order valence-corrected chi connectivity index (χ3v) is 3.66. The average Bonchev–Trinajstić information content (AvgIpc) is 2.92. The molecule has 1 saturated carbocycles. The average molecular weight is 213 g/mol. The van der Waals surface area contributed by atoms with Crippen molar-refractivity contribution in [2.24, 2.45) is 17.8 Å². The molecule has 0 heterocycles. The minimum Gasteiger partial charge on any atom is -0.326 e. The van der Waals surface area contributed by atoms with Crippen LogP contribution in [-0.4, -0.2) is 5.91 Å². The lowest BCUT2D eigenvalue weighted by atomic mass is 9.93. The normalized spacial score (nSPS) is 30.6. The summed E-state index contributed by atoms with van der Waals surface area (Å²) in [7, 11) is 0. The van der Waals surface area contributed by atoms with Crippen LogP contribution in [0.3, 0.4) is 0 Å². The van der Waals surface area contributed by atoms with Crippen molar-refractivity contribution in [1.29, 1.82) is 0 Å². The number of nitrogens with one attached hydrogen (secondary N) is 1. The molecule has 3 atom stereocenters. The first-order valence-corrected chi connectivity index (χ1v) is 5.87. The van der Waals surface area contributed by atoms with E-state index in [1.54, 1.807) is 0 Å². The van der Waals surface area contributed by atoms with Crippen LogP contribution in [0.25, 0.3) is 0 Å². The van der Waals surface area contributed by atoms with Gasteiger partial charge in [-0.15, -0.1) is 0 Å². The Kier molecular flexibility index (Phi) is 2.28. The minimum absolute atomic E-state index is 0.183. The van der Waals surface area contributed by atoms with Crippen molar-refractivity contribution < 1.29 is 4.79 Å². The number of amides is 1. The van der Waals surface area contributed by atoms with Gasteiger partial charge in [0.05, 0.1) is 0 Å². The van der Waals surface area contributed by atoms with E-state index in [4.69, 9.17) is 0 Å².